The van der Waals surface area contributed by atoms with E-state index in [1.54, 1.807) is 30.5 Å². The van der Waals surface area contributed by atoms with Crippen molar-refractivity contribution in [3.63, 3.8) is 0 Å². The van der Waals surface area contributed by atoms with Crippen LogP contribution in [0.25, 0.3) is 27.4 Å². The number of benzene rings is 2. The molecule has 0 unspecified atom stereocenters. The summed E-state index contributed by atoms with van der Waals surface area (Å²) in [6.45, 7) is 7.61. The first kappa shape index (κ1) is 22.2. The van der Waals surface area contributed by atoms with Crippen LogP contribution in [0, 0.1) is 17.9 Å². The van der Waals surface area contributed by atoms with Crippen LogP contribution in [0.4, 0.5) is 5.69 Å². The number of rotatable bonds is 6. The van der Waals surface area contributed by atoms with Crippen LogP contribution in [0.2, 0.25) is 5.02 Å². The molecular formula is C24H15ClN4O3S. The van der Waals surface area contributed by atoms with Crippen LogP contribution in [0.3, 0.4) is 0 Å². The van der Waals surface area contributed by atoms with Crippen LogP contribution in [0.1, 0.15) is 11.3 Å². The molecule has 7 nitrogen and oxygen atoms in total. The average molecular weight is 475 g/mol. The second-order valence-electron chi connectivity index (χ2n) is 6.73. The Morgan fingerprint density at radius 1 is 1.15 bits per heavy atom. The molecule has 0 saturated carbocycles. The Bertz CT molecular complexity index is 1390. The number of halogens is 1. The highest BCUT2D eigenvalue weighted by molar-refractivity contribution is 7.98. The van der Waals surface area contributed by atoms with Crippen LogP contribution < -0.4 is 4.74 Å². The molecule has 0 aliphatic heterocycles. The van der Waals surface area contributed by atoms with E-state index in [2.05, 4.69) is 20.9 Å². The Balaban J connectivity index is 1.69. The molecule has 0 saturated heterocycles. The lowest BCUT2D eigenvalue weighted by Crippen LogP contribution is -1.98. The van der Waals surface area contributed by atoms with E-state index in [4.69, 9.17) is 27.3 Å². The van der Waals surface area contributed by atoms with Gasteiger partial charge in [-0.25, -0.2) is 14.8 Å². The number of ether oxygens (including phenoxy) is 1. The Labute approximate surface area is 199 Å². The second kappa shape index (κ2) is 9.66. The van der Waals surface area contributed by atoms with Crippen molar-refractivity contribution < 1.29 is 14.3 Å². The van der Waals surface area contributed by atoms with Crippen molar-refractivity contribution in [2.24, 2.45) is 0 Å². The molecule has 0 amide bonds. The third-order valence-corrected chi connectivity index (χ3v) is 5.94. The second-order valence-corrected chi connectivity index (χ2v) is 8.14. The lowest BCUT2D eigenvalue weighted by atomic mass is 10.00. The first-order valence-corrected chi connectivity index (χ1v) is 10.9. The predicted molar refractivity (Wildman–Crippen MR) is 125 cm³/mol. The summed E-state index contributed by atoms with van der Waals surface area (Å²) in [6, 6.07) is 15.6. The fourth-order valence-electron chi connectivity index (χ4n) is 3.14. The number of methoxy groups -OCH3 is 1. The van der Waals surface area contributed by atoms with E-state index >= 15 is 0 Å². The van der Waals surface area contributed by atoms with Gasteiger partial charge in [-0.3, -0.25) is 0 Å². The van der Waals surface area contributed by atoms with Gasteiger partial charge in [0.1, 0.15) is 23.1 Å². The Kier molecular flexibility index (Phi) is 6.50. The Hall–Kier alpha value is -3.98. The van der Waals surface area contributed by atoms with Crippen LogP contribution in [-0.2, 0) is 5.75 Å². The van der Waals surface area contributed by atoms with Crippen molar-refractivity contribution in [2.45, 2.75) is 10.8 Å². The van der Waals surface area contributed by atoms with E-state index in [-0.39, 0.29) is 22.9 Å². The van der Waals surface area contributed by atoms with Gasteiger partial charge >= 0.3 is 0 Å². The maximum atomic E-state index is 9.93. The van der Waals surface area contributed by atoms with Crippen molar-refractivity contribution in [3.8, 4) is 40.3 Å². The number of pyridine rings is 1. The maximum Gasteiger partial charge on any atom is 0.256 e. The zero-order valence-electron chi connectivity index (χ0n) is 17.2. The highest BCUT2D eigenvalue weighted by Crippen LogP contribution is 2.44. The quantitative estimate of drug-likeness (QED) is 0.252. The molecule has 2 aromatic heterocycles. The summed E-state index contributed by atoms with van der Waals surface area (Å²) in [5, 5.41) is 20.6. The largest absolute Gasteiger partial charge is 0.508 e. The fraction of sp³-hybridized carbons (Fsp3) is 0.0833. The summed E-state index contributed by atoms with van der Waals surface area (Å²) < 4.78 is 10.9. The zero-order chi connectivity index (χ0) is 23.4. The molecule has 0 bridgehead atoms. The lowest BCUT2D eigenvalue weighted by Gasteiger charge is -2.14. The van der Waals surface area contributed by atoms with Crippen molar-refractivity contribution in [3.05, 3.63) is 82.5 Å². The average Bonchev–Trinajstić information content (AvgIpc) is 3.31. The summed E-state index contributed by atoms with van der Waals surface area (Å²) in [5.74, 6) is 1.05. The molecule has 4 aromatic rings. The molecular weight excluding hydrogens is 460 g/mol. The molecule has 1 N–H and O–H groups in total. The minimum absolute atomic E-state index is 0.0831. The molecule has 4 rings (SSSR count). The monoisotopic (exact) mass is 474 g/mol. The minimum Gasteiger partial charge on any atom is -0.508 e. The molecule has 0 fully saturated rings. The van der Waals surface area contributed by atoms with Gasteiger partial charge in [0.2, 0.25) is 11.8 Å². The normalized spacial score (nSPS) is 10.4. The molecule has 2 heterocycles. The number of thioether (sulfide) groups is 1. The van der Waals surface area contributed by atoms with E-state index in [1.165, 1.54) is 31.0 Å². The highest BCUT2D eigenvalue weighted by Gasteiger charge is 2.23. The maximum absolute atomic E-state index is 9.93. The van der Waals surface area contributed by atoms with Gasteiger partial charge in [0.15, 0.2) is 0 Å². The van der Waals surface area contributed by atoms with E-state index in [0.717, 1.165) is 5.56 Å². The topological polar surface area (TPSA) is 96.5 Å². The van der Waals surface area contributed by atoms with Crippen molar-refractivity contribution in [2.75, 3.05) is 7.11 Å². The van der Waals surface area contributed by atoms with Gasteiger partial charge in [-0.2, -0.15) is 5.26 Å². The van der Waals surface area contributed by atoms with Gasteiger partial charge in [-0.05, 0) is 42.0 Å². The smallest absolute Gasteiger partial charge is 0.256 e. The van der Waals surface area contributed by atoms with E-state index in [1.807, 2.05) is 12.1 Å². The summed E-state index contributed by atoms with van der Waals surface area (Å²) >= 11 is 7.22. The molecule has 0 aliphatic carbocycles. The number of nitriles is 1. The molecule has 162 valence electrons. The highest BCUT2D eigenvalue weighted by atomic mass is 35.5. The standard InChI is InChI=1S/C24H15ClN4O3S/c1-27-21-20(14-5-9-18(30)10-6-14)19(11-26)24(29-23(21)31-2)33-13-17-12-32-22(28-17)15-3-7-16(25)8-4-15/h3-10,12,30H,13H2,2H3. The van der Waals surface area contributed by atoms with E-state index < -0.39 is 0 Å². The van der Waals surface area contributed by atoms with E-state index in [9.17, 15) is 10.4 Å². The number of hydrogen-bond donors (Lipinski definition) is 1. The molecule has 0 aliphatic rings. The molecule has 0 spiro atoms. The first-order chi connectivity index (χ1) is 16.0. The summed E-state index contributed by atoms with van der Waals surface area (Å²) in [6.07, 6.45) is 1.55. The third kappa shape index (κ3) is 4.63. The van der Waals surface area contributed by atoms with Gasteiger partial charge in [-0.15, -0.1) is 0 Å². The third-order valence-electron chi connectivity index (χ3n) is 4.68. The van der Waals surface area contributed by atoms with Crippen LogP contribution >= 0.6 is 23.4 Å². The minimum atomic E-state index is 0.0831. The van der Waals surface area contributed by atoms with Gasteiger partial charge in [0, 0.05) is 21.9 Å². The number of nitrogens with zero attached hydrogens (tertiary/aromatic N) is 4. The van der Waals surface area contributed by atoms with Crippen molar-refractivity contribution in [1.29, 1.82) is 5.26 Å². The number of oxazole rings is 1. The zero-order valence-corrected chi connectivity index (χ0v) is 18.8. The molecule has 9 heteroatoms. The van der Waals surface area contributed by atoms with Crippen LogP contribution in [-0.4, -0.2) is 22.2 Å². The molecule has 0 atom stereocenters. The SMILES string of the molecule is [C-]#[N+]c1c(OC)nc(SCc2coc(-c3ccc(Cl)cc3)n2)c(C#N)c1-c1ccc(O)cc1. The molecule has 2 aromatic carbocycles. The summed E-state index contributed by atoms with van der Waals surface area (Å²) in [4.78, 5) is 12.5. The molecule has 33 heavy (non-hydrogen) atoms. The Morgan fingerprint density at radius 3 is 2.48 bits per heavy atom. The van der Waals surface area contributed by atoms with E-state index in [0.29, 0.717) is 38.5 Å². The number of aromatic hydroxyl groups is 1. The Morgan fingerprint density at radius 2 is 1.85 bits per heavy atom. The van der Waals surface area contributed by atoms with Gasteiger partial charge in [0.25, 0.3) is 5.69 Å². The summed E-state index contributed by atoms with van der Waals surface area (Å²) in [7, 11) is 1.42. The van der Waals surface area contributed by atoms with Gasteiger partial charge < -0.3 is 14.3 Å². The number of phenols is 1. The fourth-order valence-corrected chi connectivity index (χ4v) is 4.12. The van der Waals surface area contributed by atoms with Crippen molar-refractivity contribution >= 4 is 29.1 Å². The predicted octanol–water partition coefficient (Wildman–Crippen LogP) is 6.49. The first-order valence-electron chi connectivity index (χ1n) is 9.56. The molecule has 0 radical (unpaired) electrons. The van der Waals surface area contributed by atoms with Crippen LogP contribution in [0.15, 0.2) is 64.2 Å². The number of phenolic OH excluding ortho intramolecular Hbond substituents is 1. The number of hydrogen-bond acceptors (Lipinski definition) is 7. The van der Waals surface area contributed by atoms with Gasteiger partial charge in [0.05, 0.1) is 24.9 Å². The number of aromatic nitrogens is 2. The van der Waals surface area contributed by atoms with Gasteiger partial charge in [-0.1, -0.05) is 35.5 Å². The van der Waals surface area contributed by atoms with Crippen molar-refractivity contribution in [1.82, 2.24) is 9.97 Å². The lowest BCUT2D eigenvalue weighted by molar-refractivity contribution is 0.397. The van der Waals surface area contributed by atoms with Crippen LogP contribution in [0.5, 0.6) is 11.6 Å². The summed E-state index contributed by atoms with van der Waals surface area (Å²) in [5.41, 5.74) is 2.85.